The quantitative estimate of drug-likeness (QED) is 0.701. The van der Waals surface area contributed by atoms with Crippen LogP contribution >= 0.6 is 11.8 Å². The van der Waals surface area contributed by atoms with Crippen LogP contribution in [-0.2, 0) is 11.8 Å². The van der Waals surface area contributed by atoms with E-state index in [0.717, 1.165) is 0 Å². The average Bonchev–Trinajstić information content (AvgIpc) is 2.74. The highest BCUT2D eigenvalue weighted by Gasteiger charge is 2.11. The Morgan fingerprint density at radius 1 is 1.47 bits per heavy atom. The van der Waals surface area contributed by atoms with Crippen LogP contribution in [0.5, 0.6) is 0 Å². The molecule has 0 N–H and O–H groups in total. The molecule has 0 atom stereocenters. The van der Waals surface area contributed by atoms with Gasteiger partial charge in [-0.1, -0.05) is 0 Å². The van der Waals surface area contributed by atoms with Gasteiger partial charge in [-0.25, -0.2) is 14.5 Å². The molecule has 2 heterocycles. The van der Waals surface area contributed by atoms with E-state index in [1.165, 1.54) is 35.9 Å². The summed E-state index contributed by atoms with van der Waals surface area (Å²) in [5.74, 6) is -0.531. The van der Waals surface area contributed by atoms with Gasteiger partial charge in [0.15, 0.2) is 5.69 Å². The molecule has 0 radical (unpaired) electrons. The minimum Gasteiger partial charge on any atom is -0.464 e. The van der Waals surface area contributed by atoms with Crippen LogP contribution in [0.1, 0.15) is 10.5 Å². The third-order valence-electron chi connectivity index (χ3n) is 1.78. The molecule has 0 bridgehead atoms. The van der Waals surface area contributed by atoms with E-state index in [9.17, 15) is 4.79 Å². The minimum atomic E-state index is -0.531. The van der Waals surface area contributed by atoms with Gasteiger partial charge in [-0.3, -0.25) is 4.98 Å². The molecular formula is C8H8N6O2S. The second kappa shape index (κ2) is 4.87. The van der Waals surface area contributed by atoms with Gasteiger partial charge in [0.05, 0.1) is 19.5 Å². The van der Waals surface area contributed by atoms with Gasteiger partial charge >= 0.3 is 5.97 Å². The summed E-state index contributed by atoms with van der Waals surface area (Å²) in [6, 6.07) is 0. The van der Waals surface area contributed by atoms with E-state index in [2.05, 4.69) is 30.2 Å². The molecule has 9 heteroatoms. The topological polar surface area (TPSA) is 95.7 Å². The lowest BCUT2D eigenvalue weighted by molar-refractivity contribution is 0.0592. The van der Waals surface area contributed by atoms with E-state index >= 15 is 0 Å². The zero-order chi connectivity index (χ0) is 12.3. The number of tetrazole rings is 1. The number of nitrogens with zero attached hydrogens (tertiary/aromatic N) is 6. The van der Waals surface area contributed by atoms with Crippen molar-refractivity contribution < 1.29 is 9.53 Å². The van der Waals surface area contributed by atoms with E-state index in [-0.39, 0.29) is 5.69 Å². The number of rotatable bonds is 3. The van der Waals surface area contributed by atoms with Gasteiger partial charge in [0, 0.05) is 7.05 Å². The first-order valence-electron chi connectivity index (χ1n) is 4.51. The number of hydrogen-bond acceptors (Lipinski definition) is 8. The molecule has 0 amide bonds. The molecule has 0 aliphatic carbocycles. The van der Waals surface area contributed by atoms with Crippen molar-refractivity contribution in [1.82, 2.24) is 30.2 Å². The number of esters is 1. The third kappa shape index (κ3) is 2.56. The summed E-state index contributed by atoms with van der Waals surface area (Å²) >= 11 is 1.21. The summed E-state index contributed by atoms with van der Waals surface area (Å²) in [6.07, 6.45) is 2.86. The van der Waals surface area contributed by atoms with Crippen molar-refractivity contribution in [1.29, 1.82) is 0 Å². The lowest BCUT2D eigenvalue weighted by Crippen LogP contribution is -2.05. The molecule has 8 nitrogen and oxygen atoms in total. The molecule has 0 saturated carbocycles. The fourth-order valence-corrected chi connectivity index (χ4v) is 1.69. The molecule has 88 valence electrons. The molecule has 0 saturated heterocycles. The van der Waals surface area contributed by atoms with E-state index < -0.39 is 5.97 Å². The molecule has 2 aromatic heterocycles. The Kier molecular flexibility index (Phi) is 3.28. The van der Waals surface area contributed by atoms with Crippen LogP contribution in [-0.4, -0.2) is 43.3 Å². The number of hydrogen-bond donors (Lipinski definition) is 0. The highest BCUT2D eigenvalue weighted by molar-refractivity contribution is 7.99. The third-order valence-corrected chi connectivity index (χ3v) is 2.72. The van der Waals surface area contributed by atoms with E-state index in [1.807, 2.05) is 0 Å². The van der Waals surface area contributed by atoms with Crippen molar-refractivity contribution in [2.24, 2.45) is 7.05 Å². The Morgan fingerprint density at radius 3 is 2.94 bits per heavy atom. The van der Waals surface area contributed by atoms with Crippen molar-refractivity contribution >= 4 is 17.7 Å². The van der Waals surface area contributed by atoms with Gasteiger partial charge in [-0.2, -0.15) is 0 Å². The Balaban J connectivity index is 2.22. The first-order chi connectivity index (χ1) is 8.20. The predicted molar refractivity (Wildman–Crippen MR) is 56.3 cm³/mol. The van der Waals surface area contributed by atoms with Crippen molar-refractivity contribution in [3.05, 3.63) is 18.1 Å². The number of carbonyl (C=O) groups excluding carboxylic acids is 1. The molecular weight excluding hydrogens is 244 g/mol. The summed E-state index contributed by atoms with van der Waals surface area (Å²) in [5.41, 5.74) is 0.146. The second-order valence-corrected chi connectivity index (χ2v) is 3.91. The van der Waals surface area contributed by atoms with Crippen LogP contribution in [0.4, 0.5) is 0 Å². The average molecular weight is 252 g/mol. The molecule has 0 aliphatic heterocycles. The standard InChI is InChI=1S/C8H8N6O2S/c1-14-8(11-12-13-14)17-6-4-9-3-5(10-6)7(15)16-2/h3-4H,1-2H3. The van der Waals surface area contributed by atoms with E-state index in [0.29, 0.717) is 10.2 Å². The smallest absolute Gasteiger partial charge is 0.358 e. The van der Waals surface area contributed by atoms with Crippen LogP contribution in [0.15, 0.2) is 22.6 Å². The Labute approximate surface area is 100 Å². The van der Waals surface area contributed by atoms with Gasteiger partial charge in [0.1, 0.15) is 5.03 Å². The lowest BCUT2D eigenvalue weighted by Gasteiger charge is -2.00. The molecule has 0 aliphatic rings. The van der Waals surface area contributed by atoms with Gasteiger partial charge in [0.25, 0.3) is 0 Å². The van der Waals surface area contributed by atoms with E-state index in [1.54, 1.807) is 7.05 Å². The van der Waals surface area contributed by atoms with Crippen LogP contribution in [0.2, 0.25) is 0 Å². The van der Waals surface area contributed by atoms with Crippen LogP contribution in [0, 0.1) is 0 Å². The van der Waals surface area contributed by atoms with Crippen molar-refractivity contribution in [2.75, 3.05) is 7.11 Å². The normalized spacial score (nSPS) is 10.2. The van der Waals surface area contributed by atoms with Crippen molar-refractivity contribution in [2.45, 2.75) is 10.2 Å². The number of ether oxygens (including phenoxy) is 1. The second-order valence-electron chi connectivity index (χ2n) is 2.92. The highest BCUT2D eigenvalue weighted by atomic mass is 32.2. The van der Waals surface area contributed by atoms with E-state index in [4.69, 9.17) is 0 Å². The van der Waals surface area contributed by atoms with Gasteiger partial charge in [-0.15, -0.1) is 5.10 Å². The van der Waals surface area contributed by atoms with Gasteiger partial charge < -0.3 is 4.74 Å². The Bertz CT molecular complexity index is 542. The molecule has 0 unspecified atom stereocenters. The predicted octanol–water partition coefficient (Wildman–Crippen LogP) is -0.0621. The minimum absolute atomic E-state index is 0.146. The zero-order valence-corrected chi connectivity index (χ0v) is 9.88. The maximum absolute atomic E-state index is 11.3. The van der Waals surface area contributed by atoms with Crippen LogP contribution < -0.4 is 0 Å². The Morgan fingerprint density at radius 2 is 2.29 bits per heavy atom. The fraction of sp³-hybridized carbons (Fsp3) is 0.250. The number of aryl methyl sites for hydroxylation is 1. The fourth-order valence-electron chi connectivity index (χ4n) is 1.00. The lowest BCUT2D eigenvalue weighted by atomic mass is 10.5. The molecule has 17 heavy (non-hydrogen) atoms. The molecule has 0 spiro atoms. The highest BCUT2D eigenvalue weighted by Crippen LogP contribution is 2.21. The first kappa shape index (κ1) is 11.5. The largest absolute Gasteiger partial charge is 0.464 e. The summed E-state index contributed by atoms with van der Waals surface area (Å²) in [4.78, 5) is 19.2. The molecule has 0 fully saturated rings. The van der Waals surface area contributed by atoms with Crippen LogP contribution in [0.3, 0.4) is 0 Å². The maximum Gasteiger partial charge on any atom is 0.358 e. The summed E-state index contributed by atoms with van der Waals surface area (Å²) in [6.45, 7) is 0. The summed E-state index contributed by atoms with van der Waals surface area (Å²) in [5, 5.41) is 12.0. The van der Waals surface area contributed by atoms with Gasteiger partial charge in [-0.05, 0) is 22.2 Å². The molecule has 2 rings (SSSR count). The maximum atomic E-state index is 11.3. The number of methoxy groups -OCH3 is 1. The molecule has 0 aromatic carbocycles. The van der Waals surface area contributed by atoms with Crippen LogP contribution in [0.25, 0.3) is 0 Å². The van der Waals surface area contributed by atoms with Crippen molar-refractivity contribution in [3.63, 3.8) is 0 Å². The first-order valence-corrected chi connectivity index (χ1v) is 5.33. The number of carbonyl (C=O) groups is 1. The number of aromatic nitrogens is 6. The summed E-state index contributed by atoms with van der Waals surface area (Å²) < 4.78 is 6.05. The Hall–Kier alpha value is -2.03. The monoisotopic (exact) mass is 252 g/mol. The van der Waals surface area contributed by atoms with Crippen molar-refractivity contribution in [3.8, 4) is 0 Å². The SMILES string of the molecule is COC(=O)c1cncc(Sc2nnnn2C)n1. The molecule has 2 aromatic rings. The zero-order valence-electron chi connectivity index (χ0n) is 9.06. The van der Waals surface area contributed by atoms with Gasteiger partial charge in [0.2, 0.25) is 5.16 Å². The summed E-state index contributed by atoms with van der Waals surface area (Å²) in [7, 11) is 3.00.